The molecule has 0 fully saturated rings. The molecule has 1 heterocycles. The van der Waals surface area contributed by atoms with Crippen LogP contribution in [0.1, 0.15) is 16.0 Å². The van der Waals surface area contributed by atoms with Gasteiger partial charge in [0.15, 0.2) is 0 Å². The Morgan fingerprint density at radius 3 is 2.43 bits per heavy atom. The lowest BCUT2D eigenvalue weighted by atomic mass is 10.1. The Morgan fingerprint density at radius 2 is 1.75 bits per heavy atom. The van der Waals surface area contributed by atoms with Crippen molar-refractivity contribution >= 4 is 44.6 Å². The normalized spacial score (nSPS) is 11.2. The molecule has 5 nitrogen and oxygen atoms in total. The van der Waals surface area contributed by atoms with Gasteiger partial charge in [-0.25, -0.2) is 8.42 Å². The highest BCUT2D eigenvalue weighted by molar-refractivity contribution is 7.91. The molecule has 2 N–H and O–H groups in total. The molecule has 3 rings (SSSR count). The lowest BCUT2D eigenvalue weighted by Crippen LogP contribution is -2.24. The van der Waals surface area contributed by atoms with Gasteiger partial charge in [-0.2, -0.15) is 0 Å². The number of anilines is 1. The lowest BCUT2D eigenvalue weighted by molar-refractivity contribution is -0.120. The van der Waals surface area contributed by atoms with Gasteiger partial charge in [0.05, 0.1) is 18.7 Å². The van der Waals surface area contributed by atoms with Crippen LogP contribution in [0.2, 0.25) is 5.02 Å². The van der Waals surface area contributed by atoms with E-state index in [1.54, 1.807) is 59.9 Å². The third-order valence-corrected chi connectivity index (χ3v) is 6.42. The van der Waals surface area contributed by atoms with Crippen LogP contribution in [-0.4, -0.2) is 14.3 Å². The predicted octanol–water partition coefficient (Wildman–Crippen LogP) is 4.20. The molecule has 0 spiro atoms. The van der Waals surface area contributed by atoms with E-state index in [9.17, 15) is 13.2 Å². The summed E-state index contributed by atoms with van der Waals surface area (Å²) in [6.45, 7) is 0.510. The Labute approximate surface area is 173 Å². The average Bonchev–Trinajstić information content (AvgIpc) is 3.17. The number of nitrogens with one attached hydrogen (secondary N) is 2. The van der Waals surface area contributed by atoms with Crippen LogP contribution in [0, 0.1) is 0 Å². The molecule has 0 aliphatic heterocycles. The first-order valence-corrected chi connectivity index (χ1v) is 11.4. The van der Waals surface area contributed by atoms with Crippen molar-refractivity contribution in [1.82, 2.24) is 5.32 Å². The number of thiophene rings is 1. The Kier molecular flexibility index (Phi) is 6.72. The number of carbonyl (C=O) groups excluding carboxylic acids is 1. The van der Waals surface area contributed by atoms with E-state index in [2.05, 4.69) is 10.0 Å². The number of hydrogen-bond acceptors (Lipinski definition) is 4. The Hall–Kier alpha value is -2.35. The minimum absolute atomic E-state index is 0.0829. The number of halogens is 1. The van der Waals surface area contributed by atoms with Crippen molar-refractivity contribution in [3.8, 4) is 0 Å². The van der Waals surface area contributed by atoms with Gasteiger partial charge in [-0.15, -0.1) is 11.3 Å². The van der Waals surface area contributed by atoms with Crippen molar-refractivity contribution in [3.05, 3.63) is 87.1 Å². The lowest BCUT2D eigenvalue weighted by Gasteiger charge is -2.10. The SMILES string of the molecule is O=C(Cc1ccc(NS(=O)(=O)Cc2ccccc2Cl)cc1)NCc1cccs1. The summed E-state index contributed by atoms with van der Waals surface area (Å²) in [5.74, 6) is -0.292. The number of sulfonamides is 1. The summed E-state index contributed by atoms with van der Waals surface area (Å²) in [7, 11) is -3.59. The summed E-state index contributed by atoms with van der Waals surface area (Å²) in [5, 5.41) is 5.25. The van der Waals surface area contributed by atoms with Crippen molar-refractivity contribution in [2.45, 2.75) is 18.7 Å². The molecule has 0 atom stereocenters. The second kappa shape index (κ2) is 9.23. The van der Waals surface area contributed by atoms with Crippen molar-refractivity contribution in [2.24, 2.45) is 0 Å². The summed E-state index contributed by atoms with van der Waals surface area (Å²) in [6.07, 6.45) is 0.234. The first kappa shape index (κ1) is 20.4. The maximum Gasteiger partial charge on any atom is 0.236 e. The quantitative estimate of drug-likeness (QED) is 0.557. The summed E-state index contributed by atoms with van der Waals surface area (Å²) in [5.41, 5.74) is 1.78. The second-order valence-electron chi connectivity index (χ2n) is 6.18. The number of carbonyl (C=O) groups is 1. The highest BCUT2D eigenvalue weighted by atomic mass is 35.5. The third-order valence-electron chi connectivity index (χ3n) is 3.94. The molecular weight excluding hydrogens is 416 g/mol. The largest absolute Gasteiger partial charge is 0.351 e. The fraction of sp³-hybridized carbons (Fsp3) is 0.150. The molecule has 1 aromatic heterocycles. The smallest absolute Gasteiger partial charge is 0.236 e. The number of amides is 1. The van der Waals surface area contributed by atoms with Crippen LogP contribution in [0.5, 0.6) is 0 Å². The zero-order valence-corrected chi connectivity index (χ0v) is 17.3. The summed E-state index contributed by atoms with van der Waals surface area (Å²) in [6, 6.07) is 17.5. The van der Waals surface area contributed by atoms with E-state index in [1.165, 1.54) is 0 Å². The van der Waals surface area contributed by atoms with E-state index in [-0.39, 0.29) is 18.1 Å². The van der Waals surface area contributed by atoms with Crippen LogP contribution in [0.25, 0.3) is 0 Å². The van der Waals surface area contributed by atoms with E-state index >= 15 is 0 Å². The van der Waals surface area contributed by atoms with E-state index in [1.807, 2.05) is 17.5 Å². The zero-order valence-electron chi connectivity index (χ0n) is 14.9. The molecule has 146 valence electrons. The highest BCUT2D eigenvalue weighted by Gasteiger charge is 2.14. The molecule has 0 saturated carbocycles. The van der Waals surface area contributed by atoms with E-state index in [4.69, 9.17) is 11.6 Å². The molecule has 0 aliphatic carbocycles. The molecule has 0 saturated heterocycles. The predicted molar refractivity (Wildman–Crippen MR) is 114 cm³/mol. The molecule has 0 unspecified atom stereocenters. The molecule has 0 radical (unpaired) electrons. The number of hydrogen-bond donors (Lipinski definition) is 2. The van der Waals surface area contributed by atoms with Gasteiger partial charge in [0, 0.05) is 15.6 Å². The number of benzene rings is 2. The van der Waals surface area contributed by atoms with Gasteiger partial charge in [0.1, 0.15) is 0 Å². The molecule has 0 bridgehead atoms. The maximum atomic E-state index is 12.3. The van der Waals surface area contributed by atoms with Crippen LogP contribution in [0.15, 0.2) is 66.0 Å². The standard InChI is InChI=1S/C20H19ClN2O3S2/c21-19-6-2-1-4-16(19)14-28(25,26)23-17-9-7-15(8-10-17)12-20(24)22-13-18-5-3-11-27-18/h1-11,23H,12-14H2,(H,22,24). The van der Waals surface area contributed by atoms with Gasteiger partial charge in [0.2, 0.25) is 15.9 Å². The van der Waals surface area contributed by atoms with Gasteiger partial charge in [-0.05, 0) is 40.8 Å². The van der Waals surface area contributed by atoms with E-state index in [0.29, 0.717) is 22.8 Å². The minimum Gasteiger partial charge on any atom is -0.351 e. The first-order chi connectivity index (χ1) is 13.4. The van der Waals surface area contributed by atoms with Gasteiger partial charge >= 0.3 is 0 Å². The first-order valence-electron chi connectivity index (χ1n) is 8.53. The minimum atomic E-state index is -3.59. The molecule has 8 heteroatoms. The van der Waals surface area contributed by atoms with Crippen LogP contribution in [0.3, 0.4) is 0 Å². The molecular formula is C20H19ClN2O3S2. The molecule has 1 amide bonds. The average molecular weight is 435 g/mol. The van der Waals surface area contributed by atoms with E-state index in [0.717, 1.165) is 10.4 Å². The van der Waals surface area contributed by atoms with Crippen LogP contribution in [0.4, 0.5) is 5.69 Å². The van der Waals surface area contributed by atoms with Crippen molar-refractivity contribution in [2.75, 3.05) is 4.72 Å². The third kappa shape index (κ3) is 6.09. The fourth-order valence-corrected chi connectivity index (χ4v) is 4.73. The van der Waals surface area contributed by atoms with E-state index < -0.39 is 10.0 Å². The zero-order chi connectivity index (χ0) is 20.0. The van der Waals surface area contributed by atoms with Gasteiger partial charge in [-0.3, -0.25) is 9.52 Å². The second-order valence-corrected chi connectivity index (χ2v) is 9.34. The summed E-state index contributed by atoms with van der Waals surface area (Å²) < 4.78 is 27.2. The van der Waals surface area contributed by atoms with Crippen molar-refractivity contribution < 1.29 is 13.2 Å². The molecule has 3 aromatic rings. The monoisotopic (exact) mass is 434 g/mol. The van der Waals surface area contributed by atoms with Crippen LogP contribution < -0.4 is 10.0 Å². The molecule has 0 aliphatic rings. The Balaban J connectivity index is 1.55. The summed E-state index contributed by atoms with van der Waals surface area (Å²) >= 11 is 7.62. The van der Waals surface area contributed by atoms with Crippen molar-refractivity contribution in [1.29, 1.82) is 0 Å². The van der Waals surface area contributed by atoms with Crippen LogP contribution in [-0.2, 0) is 33.5 Å². The highest BCUT2D eigenvalue weighted by Crippen LogP contribution is 2.19. The Bertz CT molecular complexity index is 1030. The number of rotatable bonds is 8. The van der Waals surface area contributed by atoms with Gasteiger partial charge in [0.25, 0.3) is 0 Å². The van der Waals surface area contributed by atoms with Gasteiger partial charge in [-0.1, -0.05) is 48.0 Å². The Morgan fingerprint density at radius 1 is 1.00 bits per heavy atom. The maximum absolute atomic E-state index is 12.3. The topological polar surface area (TPSA) is 75.3 Å². The van der Waals surface area contributed by atoms with Crippen LogP contribution >= 0.6 is 22.9 Å². The fourth-order valence-electron chi connectivity index (χ4n) is 2.57. The molecule has 28 heavy (non-hydrogen) atoms. The summed E-state index contributed by atoms with van der Waals surface area (Å²) in [4.78, 5) is 13.1. The molecule has 2 aromatic carbocycles. The van der Waals surface area contributed by atoms with Crippen molar-refractivity contribution in [3.63, 3.8) is 0 Å². The van der Waals surface area contributed by atoms with Gasteiger partial charge < -0.3 is 5.32 Å².